The summed E-state index contributed by atoms with van der Waals surface area (Å²) in [6.07, 6.45) is 7.24. The lowest BCUT2D eigenvalue weighted by atomic mass is 10.2. The van der Waals surface area contributed by atoms with Crippen molar-refractivity contribution in [3.63, 3.8) is 0 Å². The molecule has 0 aliphatic carbocycles. The largest absolute Gasteiger partial charge is 0.493 e. The standard InChI is InChI=1S/C17H16N2O5S/c20-25(21,22)10-2-9-23-14-5-6-15-16(11-14)24-17(19-15)7-4-13-3-1-8-18-12-13/h1,3-8,11-12H,2,9-10H2,(H,20,21,22)/b7-4+. The first-order valence-electron chi connectivity index (χ1n) is 7.56. The van der Waals surface area contributed by atoms with E-state index >= 15 is 0 Å². The third-order valence-corrected chi connectivity index (χ3v) is 4.10. The van der Waals surface area contributed by atoms with Gasteiger partial charge in [-0.05, 0) is 36.3 Å². The number of hydrogen-bond acceptors (Lipinski definition) is 6. The third-order valence-electron chi connectivity index (χ3n) is 3.29. The lowest BCUT2D eigenvalue weighted by molar-refractivity contribution is 0.316. The Bertz CT molecular complexity index is 981. The van der Waals surface area contributed by atoms with Crippen LogP contribution in [-0.2, 0) is 10.1 Å². The van der Waals surface area contributed by atoms with Crippen LogP contribution in [0.4, 0.5) is 0 Å². The number of oxazole rings is 1. The minimum atomic E-state index is -3.96. The smallest absolute Gasteiger partial charge is 0.264 e. The molecule has 1 aromatic carbocycles. The Balaban J connectivity index is 1.66. The summed E-state index contributed by atoms with van der Waals surface area (Å²) in [6, 6.07) is 8.95. The molecule has 0 spiro atoms. The number of ether oxygens (including phenoxy) is 1. The van der Waals surface area contributed by atoms with E-state index in [1.54, 1.807) is 36.7 Å². The molecule has 0 saturated heterocycles. The quantitative estimate of drug-likeness (QED) is 0.510. The summed E-state index contributed by atoms with van der Waals surface area (Å²) < 4.78 is 41.1. The van der Waals surface area contributed by atoms with Gasteiger partial charge in [0.25, 0.3) is 10.1 Å². The molecule has 3 aromatic rings. The molecule has 3 rings (SSSR count). The number of rotatable bonds is 7. The molecule has 0 amide bonds. The molecule has 8 heteroatoms. The highest BCUT2D eigenvalue weighted by molar-refractivity contribution is 7.85. The van der Waals surface area contributed by atoms with E-state index in [1.165, 1.54) is 0 Å². The van der Waals surface area contributed by atoms with Crippen LogP contribution in [0.3, 0.4) is 0 Å². The van der Waals surface area contributed by atoms with E-state index < -0.39 is 10.1 Å². The second kappa shape index (κ2) is 7.45. The fourth-order valence-corrected chi connectivity index (χ4v) is 2.64. The van der Waals surface area contributed by atoms with Crippen LogP contribution in [-0.4, -0.2) is 35.3 Å². The van der Waals surface area contributed by atoms with Crippen molar-refractivity contribution in [2.24, 2.45) is 0 Å². The van der Waals surface area contributed by atoms with Gasteiger partial charge in [-0.15, -0.1) is 0 Å². The van der Waals surface area contributed by atoms with Crippen LogP contribution in [0.2, 0.25) is 0 Å². The SMILES string of the molecule is O=S(=O)(O)CCCOc1ccc2nc(/C=C/c3cccnc3)oc2c1. The number of pyridine rings is 1. The lowest BCUT2D eigenvalue weighted by Gasteiger charge is -2.04. The van der Waals surface area contributed by atoms with Crippen LogP contribution in [0, 0.1) is 0 Å². The van der Waals surface area contributed by atoms with Gasteiger partial charge >= 0.3 is 0 Å². The highest BCUT2D eigenvalue weighted by Crippen LogP contribution is 2.22. The molecule has 0 radical (unpaired) electrons. The topological polar surface area (TPSA) is 103 Å². The van der Waals surface area contributed by atoms with Gasteiger partial charge in [0.2, 0.25) is 5.89 Å². The van der Waals surface area contributed by atoms with Crippen LogP contribution in [0.1, 0.15) is 17.9 Å². The van der Waals surface area contributed by atoms with Crippen LogP contribution < -0.4 is 4.74 Å². The molecule has 0 saturated carbocycles. The van der Waals surface area contributed by atoms with Gasteiger partial charge in [-0.2, -0.15) is 8.42 Å². The zero-order chi connectivity index (χ0) is 17.7. The highest BCUT2D eigenvalue weighted by atomic mass is 32.2. The molecule has 0 atom stereocenters. The summed E-state index contributed by atoms with van der Waals surface area (Å²) in [5.41, 5.74) is 2.20. The van der Waals surface area contributed by atoms with Crippen LogP contribution >= 0.6 is 0 Å². The van der Waals surface area contributed by atoms with Crippen molar-refractivity contribution in [2.75, 3.05) is 12.4 Å². The van der Waals surface area contributed by atoms with Crippen molar-refractivity contribution in [3.8, 4) is 5.75 Å². The first kappa shape index (κ1) is 17.1. The molecule has 0 fully saturated rings. The first-order chi connectivity index (χ1) is 12.0. The maximum Gasteiger partial charge on any atom is 0.264 e. The molecule has 25 heavy (non-hydrogen) atoms. The molecule has 7 nitrogen and oxygen atoms in total. The monoisotopic (exact) mass is 360 g/mol. The second-order valence-electron chi connectivity index (χ2n) is 5.29. The first-order valence-corrected chi connectivity index (χ1v) is 9.17. The Morgan fingerprint density at radius 2 is 2.12 bits per heavy atom. The number of nitrogens with zero attached hydrogens (tertiary/aromatic N) is 2. The predicted octanol–water partition coefficient (Wildman–Crippen LogP) is 3.05. The molecule has 0 aliphatic heterocycles. The lowest BCUT2D eigenvalue weighted by Crippen LogP contribution is -2.08. The number of fused-ring (bicyclic) bond motifs is 1. The van der Waals surface area contributed by atoms with E-state index in [2.05, 4.69) is 9.97 Å². The molecule has 0 unspecified atom stereocenters. The van der Waals surface area contributed by atoms with Gasteiger partial charge in [-0.25, -0.2) is 4.98 Å². The predicted molar refractivity (Wildman–Crippen MR) is 93.7 cm³/mol. The summed E-state index contributed by atoms with van der Waals surface area (Å²) in [5, 5.41) is 0. The number of aromatic nitrogens is 2. The van der Waals surface area contributed by atoms with E-state index in [0.29, 0.717) is 22.7 Å². The van der Waals surface area contributed by atoms with Crippen LogP contribution in [0.5, 0.6) is 5.75 Å². The molecule has 2 heterocycles. The summed E-state index contributed by atoms with van der Waals surface area (Å²) in [5.74, 6) is 0.671. The Hall–Kier alpha value is -2.71. The molecular weight excluding hydrogens is 344 g/mol. The maximum atomic E-state index is 10.7. The number of hydrogen-bond donors (Lipinski definition) is 1. The van der Waals surface area contributed by atoms with Crippen LogP contribution in [0.15, 0.2) is 47.1 Å². The summed E-state index contributed by atoms with van der Waals surface area (Å²) in [4.78, 5) is 8.39. The average Bonchev–Trinajstić information content (AvgIpc) is 2.99. The van der Waals surface area contributed by atoms with E-state index in [9.17, 15) is 8.42 Å². The minimum absolute atomic E-state index is 0.174. The van der Waals surface area contributed by atoms with Gasteiger partial charge in [-0.1, -0.05) is 6.07 Å². The second-order valence-corrected chi connectivity index (χ2v) is 6.86. The van der Waals surface area contributed by atoms with Gasteiger partial charge in [0, 0.05) is 24.5 Å². The summed E-state index contributed by atoms with van der Waals surface area (Å²) in [6.45, 7) is 0.174. The average molecular weight is 360 g/mol. The van der Waals surface area contributed by atoms with Crippen molar-refractivity contribution in [1.29, 1.82) is 0 Å². The van der Waals surface area contributed by atoms with Gasteiger partial charge in [0.15, 0.2) is 5.58 Å². The van der Waals surface area contributed by atoms with Crippen molar-refractivity contribution in [3.05, 3.63) is 54.2 Å². The van der Waals surface area contributed by atoms with Gasteiger partial charge in [-0.3, -0.25) is 9.54 Å². The van der Waals surface area contributed by atoms with E-state index in [4.69, 9.17) is 13.7 Å². The highest BCUT2D eigenvalue weighted by Gasteiger charge is 2.07. The zero-order valence-corrected chi connectivity index (χ0v) is 14.0. The summed E-state index contributed by atoms with van der Waals surface area (Å²) >= 11 is 0. The van der Waals surface area contributed by atoms with Crippen molar-refractivity contribution in [1.82, 2.24) is 9.97 Å². The molecule has 0 aliphatic rings. The molecule has 130 valence electrons. The van der Waals surface area contributed by atoms with E-state index in [-0.39, 0.29) is 18.8 Å². The maximum absolute atomic E-state index is 10.7. The van der Waals surface area contributed by atoms with Crippen molar-refractivity contribution < 1.29 is 22.1 Å². The van der Waals surface area contributed by atoms with Crippen molar-refractivity contribution >= 4 is 33.4 Å². The molecule has 2 aromatic heterocycles. The van der Waals surface area contributed by atoms with E-state index in [1.807, 2.05) is 18.2 Å². The van der Waals surface area contributed by atoms with Gasteiger partial charge < -0.3 is 9.15 Å². The molecule has 1 N–H and O–H groups in total. The van der Waals surface area contributed by atoms with Gasteiger partial charge in [0.1, 0.15) is 11.3 Å². The summed E-state index contributed by atoms with van der Waals surface area (Å²) in [7, 11) is -3.96. The minimum Gasteiger partial charge on any atom is -0.493 e. The Morgan fingerprint density at radius 3 is 2.88 bits per heavy atom. The Labute approximate surface area is 144 Å². The number of benzene rings is 1. The fraction of sp³-hybridized carbons (Fsp3) is 0.176. The Kier molecular flexibility index (Phi) is 5.11. The fourth-order valence-electron chi connectivity index (χ4n) is 2.16. The molecular formula is C17H16N2O5S. The Morgan fingerprint density at radius 1 is 1.24 bits per heavy atom. The normalized spacial score (nSPS) is 12.0. The van der Waals surface area contributed by atoms with Gasteiger partial charge in [0.05, 0.1) is 12.4 Å². The third kappa shape index (κ3) is 5.13. The van der Waals surface area contributed by atoms with E-state index in [0.717, 1.165) is 5.56 Å². The van der Waals surface area contributed by atoms with Crippen LogP contribution in [0.25, 0.3) is 23.3 Å². The zero-order valence-electron chi connectivity index (χ0n) is 13.2. The molecule has 0 bridgehead atoms. The van der Waals surface area contributed by atoms with Crippen molar-refractivity contribution in [2.45, 2.75) is 6.42 Å².